The molecule has 2 atom stereocenters. The van der Waals surface area contributed by atoms with Crippen LogP contribution < -0.4 is 10.2 Å². The van der Waals surface area contributed by atoms with Gasteiger partial charge in [0.05, 0.1) is 12.0 Å². The number of hydrazine groups is 1. The summed E-state index contributed by atoms with van der Waals surface area (Å²) in [5, 5.41) is 13.4. The summed E-state index contributed by atoms with van der Waals surface area (Å²) in [7, 11) is 1.44. The Labute approximate surface area is 118 Å². The van der Waals surface area contributed by atoms with Crippen LogP contribution in [0.3, 0.4) is 0 Å². The van der Waals surface area contributed by atoms with Gasteiger partial charge in [-0.1, -0.05) is 12.5 Å². The van der Waals surface area contributed by atoms with E-state index in [2.05, 4.69) is 24.3 Å². The molecule has 6 heteroatoms. The molecule has 1 aromatic carbocycles. The number of rotatable bonds is 4. The molecule has 0 amide bonds. The van der Waals surface area contributed by atoms with E-state index in [0.29, 0.717) is 17.8 Å². The standard InChI is InChI=1S/C14H21N3O3/c1-10-6-4-7-11(2)16(10)15-12-8-5-9-13(20-3)14(12)17(18)19/h5,8-11,15H,4,6-7H2,1-3H3. The zero-order valence-electron chi connectivity index (χ0n) is 12.1. The fourth-order valence-electron chi connectivity index (χ4n) is 2.75. The number of hydrogen-bond donors (Lipinski definition) is 1. The maximum atomic E-state index is 11.3. The Hall–Kier alpha value is -1.82. The molecule has 1 N–H and O–H groups in total. The van der Waals surface area contributed by atoms with E-state index in [9.17, 15) is 10.1 Å². The third kappa shape index (κ3) is 2.85. The number of nitrogens with one attached hydrogen (secondary N) is 1. The van der Waals surface area contributed by atoms with Gasteiger partial charge in [0.25, 0.3) is 0 Å². The Kier molecular flexibility index (Phi) is 4.44. The highest BCUT2D eigenvalue weighted by atomic mass is 16.6. The van der Waals surface area contributed by atoms with Crippen LogP contribution in [-0.2, 0) is 0 Å². The molecule has 1 aromatic rings. The van der Waals surface area contributed by atoms with E-state index in [0.717, 1.165) is 12.8 Å². The van der Waals surface area contributed by atoms with Crippen molar-refractivity contribution in [2.24, 2.45) is 0 Å². The van der Waals surface area contributed by atoms with Crippen LogP contribution in [0.5, 0.6) is 5.75 Å². The van der Waals surface area contributed by atoms with Crippen molar-refractivity contribution < 1.29 is 9.66 Å². The van der Waals surface area contributed by atoms with Crippen molar-refractivity contribution in [2.75, 3.05) is 12.5 Å². The number of piperidine rings is 1. The summed E-state index contributed by atoms with van der Waals surface area (Å²) in [6.45, 7) is 4.27. The maximum Gasteiger partial charge on any atom is 0.335 e. The van der Waals surface area contributed by atoms with Crippen LogP contribution in [-0.4, -0.2) is 29.1 Å². The number of ether oxygens (including phenoxy) is 1. The van der Waals surface area contributed by atoms with Crippen LogP contribution in [0.25, 0.3) is 0 Å². The van der Waals surface area contributed by atoms with Crippen LogP contribution in [0.4, 0.5) is 11.4 Å². The predicted molar refractivity (Wildman–Crippen MR) is 77.9 cm³/mol. The zero-order valence-corrected chi connectivity index (χ0v) is 12.1. The second-order valence-electron chi connectivity index (χ2n) is 5.26. The van der Waals surface area contributed by atoms with Gasteiger partial charge >= 0.3 is 5.69 Å². The number of benzene rings is 1. The minimum absolute atomic E-state index is 0.0139. The lowest BCUT2D eigenvalue weighted by Gasteiger charge is -2.39. The summed E-state index contributed by atoms with van der Waals surface area (Å²) >= 11 is 0. The molecule has 0 bridgehead atoms. The molecule has 2 rings (SSSR count). The van der Waals surface area contributed by atoms with Crippen molar-refractivity contribution in [1.82, 2.24) is 5.01 Å². The third-order valence-electron chi connectivity index (χ3n) is 3.84. The lowest BCUT2D eigenvalue weighted by molar-refractivity contribution is -0.385. The average molecular weight is 279 g/mol. The van der Waals surface area contributed by atoms with Crippen LogP contribution in [0.2, 0.25) is 0 Å². The number of methoxy groups -OCH3 is 1. The van der Waals surface area contributed by atoms with E-state index in [1.807, 2.05) is 0 Å². The molecule has 6 nitrogen and oxygen atoms in total. The Bertz CT molecular complexity index is 483. The van der Waals surface area contributed by atoms with Crippen molar-refractivity contribution in [3.8, 4) is 5.75 Å². The van der Waals surface area contributed by atoms with Gasteiger partial charge in [-0.25, -0.2) is 5.01 Å². The lowest BCUT2D eigenvalue weighted by Crippen LogP contribution is -2.47. The SMILES string of the molecule is COc1cccc(NN2C(C)CCCC2C)c1[N+](=O)[O-]. The predicted octanol–water partition coefficient (Wildman–Crippen LogP) is 3.19. The Morgan fingerprint density at radius 3 is 2.55 bits per heavy atom. The monoisotopic (exact) mass is 279 g/mol. The molecule has 20 heavy (non-hydrogen) atoms. The molecule has 2 unspecified atom stereocenters. The fraction of sp³-hybridized carbons (Fsp3) is 0.571. The van der Waals surface area contributed by atoms with Gasteiger partial charge < -0.3 is 10.2 Å². The summed E-state index contributed by atoms with van der Waals surface area (Å²) in [4.78, 5) is 10.9. The maximum absolute atomic E-state index is 11.3. The molecule has 0 aliphatic carbocycles. The highest BCUT2D eigenvalue weighted by molar-refractivity contribution is 5.68. The molecule has 1 heterocycles. The normalized spacial score (nSPS) is 23.4. The largest absolute Gasteiger partial charge is 0.490 e. The molecule has 0 aromatic heterocycles. The molecule has 0 radical (unpaired) electrons. The Morgan fingerprint density at radius 2 is 2.00 bits per heavy atom. The number of hydrogen-bond acceptors (Lipinski definition) is 5. The van der Waals surface area contributed by atoms with E-state index in [1.165, 1.54) is 13.5 Å². The molecule has 1 aliphatic heterocycles. The number of nitro groups is 1. The van der Waals surface area contributed by atoms with E-state index < -0.39 is 4.92 Å². The first-order valence-corrected chi connectivity index (χ1v) is 6.91. The first-order chi connectivity index (χ1) is 9.54. The Morgan fingerprint density at radius 1 is 1.35 bits per heavy atom. The second kappa shape index (κ2) is 6.09. The van der Waals surface area contributed by atoms with E-state index in [-0.39, 0.29) is 11.4 Å². The summed E-state index contributed by atoms with van der Waals surface area (Å²) in [5.74, 6) is 0.275. The third-order valence-corrected chi connectivity index (χ3v) is 3.84. The van der Waals surface area contributed by atoms with Crippen molar-refractivity contribution in [3.05, 3.63) is 28.3 Å². The number of anilines is 1. The average Bonchev–Trinajstić information content (AvgIpc) is 2.42. The number of para-hydroxylation sites is 1. The quantitative estimate of drug-likeness (QED) is 0.677. The number of nitrogens with zero attached hydrogens (tertiary/aromatic N) is 2. The van der Waals surface area contributed by atoms with Crippen LogP contribution >= 0.6 is 0 Å². The topological polar surface area (TPSA) is 67.6 Å². The smallest absolute Gasteiger partial charge is 0.335 e. The molecular formula is C14H21N3O3. The first-order valence-electron chi connectivity index (χ1n) is 6.91. The van der Waals surface area contributed by atoms with Crippen molar-refractivity contribution in [1.29, 1.82) is 0 Å². The Balaban J connectivity index is 2.30. The molecular weight excluding hydrogens is 258 g/mol. The van der Waals surface area contributed by atoms with E-state index in [1.54, 1.807) is 18.2 Å². The van der Waals surface area contributed by atoms with Crippen LogP contribution in [0, 0.1) is 10.1 Å². The van der Waals surface area contributed by atoms with Crippen LogP contribution in [0.1, 0.15) is 33.1 Å². The summed E-state index contributed by atoms with van der Waals surface area (Å²) in [6.07, 6.45) is 3.38. The van der Waals surface area contributed by atoms with E-state index in [4.69, 9.17) is 4.74 Å². The summed E-state index contributed by atoms with van der Waals surface area (Å²) in [5.41, 5.74) is 3.68. The van der Waals surface area contributed by atoms with Gasteiger partial charge in [0.2, 0.25) is 0 Å². The van der Waals surface area contributed by atoms with Crippen molar-refractivity contribution in [2.45, 2.75) is 45.2 Å². The van der Waals surface area contributed by atoms with Gasteiger partial charge in [0.15, 0.2) is 5.75 Å². The molecule has 0 spiro atoms. The van der Waals surface area contributed by atoms with Gasteiger partial charge in [-0.2, -0.15) is 0 Å². The second-order valence-corrected chi connectivity index (χ2v) is 5.26. The van der Waals surface area contributed by atoms with Gasteiger partial charge in [0, 0.05) is 12.1 Å². The van der Waals surface area contributed by atoms with E-state index >= 15 is 0 Å². The summed E-state index contributed by atoms with van der Waals surface area (Å²) < 4.78 is 5.09. The van der Waals surface area contributed by atoms with Crippen molar-refractivity contribution >= 4 is 11.4 Å². The lowest BCUT2D eigenvalue weighted by atomic mass is 10.00. The number of nitro benzene ring substituents is 1. The zero-order chi connectivity index (χ0) is 14.7. The van der Waals surface area contributed by atoms with Crippen LogP contribution in [0.15, 0.2) is 18.2 Å². The highest BCUT2D eigenvalue weighted by Gasteiger charge is 2.28. The minimum atomic E-state index is -0.402. The molecule has 1 aliphatic rings. The van der Waals surface area contributed by atoms with Crippen molar-refractivity contribution in [3.63, 3.8) is 0 Å². The van der Waals surface area contributed by atoms with Gasteiger partial charge in [0.1, 0.15) is 5.69 Å². The van der Waals surface area contributed by atoms with Gasteiger partial charge in [-0.15, -0.1) is 0 Å². The van der Waals surface area contributed by atoms with Gasteiger partial charge in [-0.3, -0.25) is 10.1 Å². The first kappa shape index (κ1) is 14.6. The fourth-order valence-corrected chi connectivity index (χ4v) is 2.75. The molecule has 0 saturated carbocycles. The summed E-state index contributed by atoms with van der Waals surface area (Å²) in [6, 6.07) is 5.78. The molecule has 110 valence electrons. The molecule has 1 saturated heterocycles. The van der Waals surface area contributed by atoms with Gasteiger partial charge in [-0.05, 0) is 38.8 Å². The minimum Gasteiger partial charge on any atom is -0.490 e. The molecule has 1 fully saturated rings. The highest BCUT2D eigenvalue weighted by Crippen LogP contribution is 2.36.